The predicted octanol–water partition coefficient (Wildman–Crippen LogP) is -1.53. The number of nitrogens with zero attached hydrogens (tertiary/aromatic N) is 2. The Bertz CT molecular complexity index is 280. The molecule has 1 atom stereocenters. The van der Waals surface area contributed by atoms with Gasteiger partial charge in [0, 0.05) is 11.9 Å². The number of hydroxylamine groups is 1. The van der Waals surface area contributed by atoms with Gasteiger partial charge in [-0.15, -0.1) is 0 Å². The molecule has 1 rings (SSSR count). The van der Waals surface area contributed by atoms with Crippen molar-refractivity contribution in [2.45, 2.75) is 6.92 Å². The zero-order valence-corrected chi connectivity index (χ0v) is 8.21. The molecule has 0 bridgehead atoms. The number of hydrogen-bond acceptors (Lipinski definition) is 7. The molecule has 0 aromatic heterocycles. The van der Waals surface area contributed by atoms with E-state index in [-0.39, 0.29) is 11.4 Å². The fourth-order valence-corrected chi connectivity index (χ4v) is 1.36. The number of carbonyl (C=O) groups excluding carboxylic acids is 1. The van der Waals surface area contributed by atoms with Crippen LogP contribution in [-0.2, 0) is 9.63 Å². The minimum Gasteiger partial charge on any atom is -0.606 e. The van der Waals surface area contributed by atoms with E-state index in [1.165, 1.54) is 11.7 Å². The Morgan fingerprint density at radius 2 is 2.71 bits per heavy atom. The summed E-state index contributed by atoms with van der Waals surface area (Å²) in [6.07, 6.45) is 1.52. The molecule has 7 nitrogen and oxygen atoms in total. The number of hydrazine groups is 1. The van der Waals surface area contributed by atoms with E-state index in [1.807, 2.05) is 0 Å². The van der Waals surface area contributed by atoms with Crippen molar-refractivity contribution in [1.82, 2.24) is 4.52 Å². The molecule has 0 saturated heterocycles. The molecule has 0 aromatic rings. The van der Waals surface area contributed by atoms with Crippen LogP contribution in [0.3, 0.4) is 0 Å². The first-order valence-electron chi connectivity index (χ1n) is 3.75. The topological polar surface area (TPSA) is 95.4 Å². The highest BCUT2D eigenvalue weighted by atomic mass is 32.2. The summed E-state index contributed by atoms with van der Waals surface area (Å²) in [7, 11) is 0. The van der Waals surface area contributed by atoms with Crippen LogP contribution in [0.2, 0.25) is 0 Å². The molecule has 14 heavy (non-hydrogen) atoms. The minimum atomic E-state index is -0.489. The lowest BCUT2D eigenvalue weighted by molar-refractivity contribution is -0.905. The molecule has 3 N–H and O–H groups in total. The third-order valence-electron chi connectivity index (χ3n) is 1.35. The van der Waals surface area contributed by atoms with Crippen LogP contribution in [-0.4, -0.2) is 23.1 Å². The summed E-state index contributed by atoms with van der Waals surface area (Å²) in [6, 6.07) is 0. The van der Waals surface area contributed by atoms with Crippen LogP contribution in [0.5, 0.6) is 0 Å². The number of nitrogens with two attached hydrogens (primary N) is 1. The van der Waals surface area contributed by atoms with Gasteiger partial charge >= 0.3 is 0 Å². The summed E-state index contributed by atoms with van der Waals surface area (Å²) in [5.74, 6) is 5.26. The lowest BCUT2D eigenvalue weighted by Crippen LogP contribution is -3.11. The average Bonchev–Trinajstić information content (AvgIpc) is 2.51. The van der Waals surface area contributed by atoms with E-state index >= 15 is 0 Å². The Morgan fingerprint density at radius 3 is 3.14 bits per heavy atom. The first kappa shape index (κ1) is 11.1. The Kier molecular flexibility index (Phi) is 4.04. The fraction of sp³-hybridized carbons (Fsp3) is 0.333. The molecule has 0 amide bonds. The van der Waals surface area contributed by atoms with E-state index in [0.29, 0.717) is 6.61 Å². The zero-order valence-electron chi connectivity index (χ0n) is 7.39. The van der Waals surface area contributed by atoms with Gasteiger partial charge in [0.2, 0.25) is 5.71 Å². The molecule has 1 aliphatic rings. The van der Waals surface area contributed by atoms with Crippen molar-refractivity contribution in [3.63, 3.8) is 0 Å². The van der Waals surface area contributed by atoms with E-state index in [4.69, 9.17) is 5.84 Å². The Morgan fingerprint density at radius 1 is 2.00 bits per heavy atom. The van der Waals surface area contributed by atoms with Gasteiger partial charge in [0.25, 0.3) is 6.29 Å². The van der Waals surface area contributed by atoms with Crippen LogP contribution in [0, 0.1) is 5.21 Å². The summed E-state index contributed by atoms with van der Waals surface area (Å²) in [5, 5.41) is 15.6. The zero-order chi connectivity index (χ0) is 10.6. The third-order valence-corrected chi connectivity index (χ3v) is 2.09. The van der Waals surface area contributed by atoms with Gasteiger partial charge in [-0.25, -0.2) is 11.0 Å². The second kappa shape index (κ2) is 5.08. The number of rotatable bonds is 4. The quantitative estimate of drug-likeness (QED) is 0.195. The van der Waals surface area contributed by atoms with Crippen LogP contribution in [0.1, 0.15) is 6.92 Å². The van der Waals surface area contributed by atoms with Crippen LogP contribution in [0.15, 0.2) is 16.3 Å². The number of allylic oxidation sites excluding steroid dienone is 1. The molecule has 1 unspecified atom stereocenters. The van der Waals surface area contributed by atoms with Gasteiger partial charge < -0.3 is 10.0 Å². The van der Waals surface area contributed by atoms with Crippen molar-refractivity contribution >= 4 is 23.9 Å². The van der Waals surface area contributed by atoms with Crippen molar-refractivity contribution in [3.05, 3.63) is 16.3 Å². The van der Waals surface area contributed by atoms with E-state index < -0.39 is 5.17 Å². The molecule has 0 aliphatic carbocycles. The van der Waals surface area contributed by atoms with Gasteiger partial charge in [-0.1, -0.05) is 5.16 Å². The maximum absolute atomic E-state index is 11.3. The van der Waals surface area contributed by atoms with Crippen molar-refractivity contribution in [2.24, 2.45) is 11.0 Å². The average molecular weight is 217 g/mol. The molecule has 0 fully saturated rings. The second-order valence-electron chi connectivity index (χ2n) is 2.23. The van der Waals surface area contributed by atoms with Crippen molar-refractivity contribution in [3.8, 4) is 0 Å². The Balaban J connectivity index is 2.76. The third kappa shape index (κ3) is 2.30. The molecule has 1 aliphatic heterocycles. The predicted molar refractivity (Wildman–Crippen MR) is 50.8 cm³/mol. The van der Waals surface area contributed by atoms with Gasteiger partial charge in [0.05, 0.1) is 5.41 Å². The van der Waals surface area contributed by atoms with E-state index in [9.17, 15) is 10.0 Å². The van der Waals surface area contributed by atoms with Crippen LogP contribution < -0.4 is 11.0 Å². The minimum absolute atomic E-state index is 0.0981. The molecule has 0 aromatic carbocycles. The largest absolute Gasteiger partial charge is 0.606 e. The fourth-order valence-electron chi connectivity index (χ4n) is 0.735. The highest BCUT2D eigenvalue weighted by molar-refractivity contribution is 7.99. The molecular formula is C6H9N4O3S. The number of hydrogen-bond donors (Lipinski definition) is 2. The van der Waals surface area contributed by atoms with Gasteiger partial charge in [-0.2, -0.15) is 0 Å². The molecule has 8 heteroatoms. The second-order valence-corrected chi connectivity index (χ2v) is 3.07. The van der Waals surface area contributed by atoms with Gasteiger partial charge in [-0.3, -0.25) is 4.79 Å². The highest BCUT2D eigenvalue weighted by Crippen LogP contribution is 2.10. The van der Waals surface area contributed by atoms with Crippen LogP contribution in [0.4, 0.5) is 0 Å². The summed E-state index contributed by atoms with van der Waals surface area (Å²) in [5.41, 5.74) is -0.0711. The maximum Gasteiger partial charge on any atom is 0.263 e. The number of oxime groups is 1. The molecule has 1 heterocycles. The smallest absolute Gasteiger partial charge is 0.263 e. The van der Waals surface area contributed by atoms with Gasteiger partial charge in [0.1, 0.15) is 6.61 Å². The molecule has 0 spiro atoms. The van der Waals surface area contributed by atoms with E-state index in [0.717, 1.165) is 16.5 Å². The summed E-state index contributed by atoms with van der Waals surface area (Å²) >= 11 is 0.975. The molecular weight excluding hydrogens is 208 g/mol. The highest BCUT2D eigenvalue weighted by Gasteiger charge is 2.27. The SMILES string of the molecule is CCO/N=C(\[C]=O)C1=CSN(N)[NH+]1[O-]. The molecule has 77 valence electrons. The lowest BCUT2D eigenvalue weighted by Gasteiger charge is -2.21. The maximum atomic E-state index is 11.3. The summed E-state index contributed by atoms with van der Waals surface area (Å²) in [4.78, 5) is 15.1. The first-order chi connectivity index (χ1) is 6.70. The first-order valence-corrected chi connectivity index (χ1v) is 4.59. The van der Waals surface area contributed by atoms with E-state index in [2.05, 4.69) is 9.99 Å². The van der Waals surface area contributed by atoms with Crippen LogP contribution >= 0.6 is 11.9 Å². The standard InChI is InChI=1S/C6H9N4O3S/c1-2-13-8-5(3-11)6-4-14-10(7)9(6)12/h4,9H,2,7H2,1H3/b8-5+. The van der Waals surface area contributed by atoms with Crippen molar-refractivity contribution < 1.29 is 14.8 Å². The molecule has 1 radical (unpaired) electrons. The summed E-state index contributed by atoms with van der Waals surface area (Å²) in [6.45, 7) is 2.02. The van der Waals surface area contributed by atoms with Crippen molar-refractivity contribution in [2.75, 3.05) is 6.61 Å². The van der Waals surface area contributed by atoms with Gasteiger partial charge in [-0.05, 0) is 11.4 Å². The Hall–Kier alpha value is -0.930. The van der Waals surface area contributed by atoms with Gasteiger partial charge in [0.15, 0.2) is 5.70 Å². The van der Waals surface area contributed by atoms with Crippen molar-refractivity contribution in [1.29, 1.82) is 0 Å². The monoisotopic (exact) mass is 217 g/mol. The number of nitrogens with one attached hydrogen (secondary N) is 1. The molecule has 0 saturated carbocycles. The summed E-state index contributed by atoms with van der Waals surface area (Å²) < 4.78 is 0.897. The Labute approximate surface area is 84.8 Å². The van der Waals surface area contributed by atoms with E-state index in [1.54, 1.807) is 6.92 Å². The van der Waals surface area contributed by atoms with Crippen LogP contribution in [0.25, 0.3) is 0 Å². The number of quaternary nitrogens is 1. The normalized spacial score (nSPS) is 23.5. The lowest BCUT2D eigenvalue weighted by atomic mass is 10.3.